The number of ether oxygens (including phenoxy) is 5. The molecule has 0 amide bonds. The standard InChI is InChI=1S/C33H34F18O8/c1-5-20(52)58-23(11-9-8-10-12-23)26(30(40,41)42,31(43,44)45)57-19-14-17-13-18(19)24(15-17,59-21(53)6-2)27(32(46,47)48,33(49,50)51)56-16-22(4,55-7-3)25(54,28(34,35)36)29(37,38)39/h5-7,17-19,54H,1-3,8-16H2,4H3. The van der Waals surface area contributed by atoms with Crippen LogP contribution in [0.3, 0.4) is 0 Å². The first-order valence-corrected chi connectivity index (χ1v) is 16.9. The smallest absolute Gasteiger partial charge is 0.430 e. The molecule has 3 aliphatic carbocycles. The maximum Gasteiger partial charge on any atom is 0.430 e. The molecule has 0 aromatic rings. The van der Waals surface area contributed by atoms with Crippen LogP contribution in [0.25, 0.3) is 0 Å². The van der Waals surface area contributed by atoms with Gasteiger partial charge in [0.2, 0.25) is 0 Å². The molecule has 59 heavy (non-hydrogen) atoms. The summed E-state index contributed by atoms with van der Waals surface area (Å²) >= 11 is 0. The van der Waals surface area contributed by atoms with Gasteiger partial charge in [0.15, 0.2) is 16.8 Å². The second kappa shape index (κ2) is 15.5. The average molecular weight is 901 g/mol. The van der Waals surface area contributed by atoms with Crippen LogP contribution in [0.4, 0.5) is 79.0 Å². The number of alkyl halides is 18. The van der Waals surface area contributed by atoms with E-state index in [9.17, 15) is 41.0 Å². The van der Waals surface area contributed by atoms with E-state index in [4.69, 9.17) is 9.47 Å². The quantitative estimate of drug-likeness (QED) is 0.0798. The highest BCUT2D eigenvalue weighted by molar-refractivity contribution is 5.82. The number of rotatable bonds is 14. The van der Waals surface area contributed by atoms with Gasteiger partial charge in [0.25, 0.3) is 16.8 Å². The zero-order chi connectivity index (χ0) is 45.9. The van der Waals surface area contributed by atoms with Gasteiger partial charge in [-0.1, -0.05) is 26.2 Å². The van der Waals surface area contributed by atoms with Crippen molar-refractivity contribution < 1.29 is 117 Å². The number of fused-ring (bicyclic) bond motifs is 2. The zero-order valence-electron chi connectivity index (χ0n) is 30.1. The van der Waals surface area contributed by atoms with Gasteiger partial charge in [-0.05, 0) is 57.8 Å². The Morgan fingerprint density at radius 1 is 0.661 bits per heavy atom. The Balaban J connectivity index is 2.48. The highest BCUT2D eigenvalue weighted by Gasteiger charge is 2.90. The van der Waals surface area contributed by atoms with E-state index < -0.39 is 159 Å². The summed E-state index contributed by atoms with van der Waals surface area (Å²) in [6.45, 7) is 4.48. The van der Waals surface area contributed by atoms with E-state index in [1.165, 1.54) is 0 Å². The summed E-state index contributed by atoms with van der Waals surface area (Å²) in [6.07, 6.45) is -54.2. The Bertz CT molecular complexity index is 1550. The van der Waals surface area contributed by atoms with E-state index in [0.29, 0.717) is 0 Å². The van der Waals surface area contributed by atoms with Crippen LogP contribution in [0, 0.1) is 11.8 Å². The van der Waals surface area contributed by atoms with Crippen LogP contribution in [0.15, 0.2) is 38.2 Å². The molecule has 2 bridgehead atoms. The summed E-state index contributed by atoms with van der Waals surface area (Å²) in [5.74, 6) is -9.38. The van der Waals surface area contributed by atoms with Crippen molar-refractivity contribution in [3.05, 3.63) is 38.2 Å². The molecular weight excluding hydrogens is 866 g/mol. The Labute approximate surface area is 321 Å². The number of aliphatic hydroxyl groups is 1. The van der Waals surface area contributed by atoms with Crippen LogP contribution in [0.1, 0.15) is 58.3 Å². The summed E-state index contributed by atoms with van der Waals surface area (Å²) in [5, 5.41) is 10.1. The summed E-state index contributed by atoms with van der Waals surface area (Å²) in [7, 11) is 0. The van der Waals surface area contributed by atoms with Gasteiger partial charge in [0.05, 0.1) is 19.0 Å². The van der Waals surface area contributed by atoms with Gasteiger partial charge < -0.3 is 28.8 Å². The first-order valence-electron chi connectivity index (χ1n) is 16.9. The summed E-state index contributed by atoms with van der Waals surface area (Å²) < 4.78 is 291. The number of hydrogen-bond acceptors (Lipinski definition) is 8. The highest BCUT2D eigenvalue weighted by Crippen LogP contribution is 2.68. The maximum atomic E-state index is 15.5. The third kappa shape index (κ3) is 7.64. The topological polar surface area (TPSA) is 101 Å². The van der Waals surface area contributed by atoms with Crippen molar-refractivity contribution in [3.63, 3.8) is 0 Å². The summed E-state index contributed by atoms with van der Waals surface area (Å²) in [5.41, 5.74) is -32.2. The molecule has 3 fully saturated rings. The van der Waals surface area contributed by atoms with Crippen LogP contribution in [0.2, 0.25) is 0 Å². The number of carbonyl (C=O) groups is 2. The third-order valence-corrected chi connectivity index (χ3v) is 11.0. The molecule has 340 valence electrons. The predicted octanol–water partition coefficient (Wildman–Crippen LogP) is 9.22. The Kier molecular flexibility index (Phi) is 13.1. The second-order valence-electron chi connectivity index (χ2n) is 14.4. The van der Waals surface area contributed by atoms with Gasteiger partial charge in [-0.25, -0.2) is 9.59 Å². The number of hydrogen-bond donors (Lipinski definition) is 1. The fourth-order valence-electron chi connectivity index (χ4n) is 8.65. The van der Waals surface area contributed by atoms with Crippen molar-refractivity contribution in [3.8, 4) is 0 Å². The SMILES string of the molecule is C=COC(C)(COC(C(F)(F)F)(C(F)(F)F)C1(OC(=O)C=C)CC2CC(OC(C(F)(F)F)(C(F)(F)F)C3(OC(=O)C=C)CCCCC3)C1C2)C(O)(C(F)(F)F)C(F)(F)F. The summed E-state index contributed by atoms with van der Waals surface area (Å²) in [6, 6.07) is 0. The highest BCUT2D eigenvalue weighted by atomic mass is 19.4. The fraction of sp³-hybridized carbons (Fsp3) is 0.758. The normalized spacial score (nSPS) is 25.8. The van der Waals surface area contributed by atoms with Gasteiger partial charge in [0.1, 0.15) is 0 Å². The minimum atomic E-state index is -7.29. The Morgan fingerprint density at radius 2 is 1.10 bits per heavy atom. The molecule has 0 radical (unpaired) electrons. The molecule has 3 saturated carbocycles. The van der Waals surface area contributed by atoms with Gasteiger partial charge in [-0.3, -0.25) is 0 Å². The lowest BCUT2D eigenvalue weighted by molar-refractivity contribution is -0.460. The Hall–Kier alpha value is -3.42. The molecule has 0 aliphatic heterocycles. The van der Waals surface area contributed by atoms with Crippen LogP contribution in [-0.2, 0) is 33.3 Å². The van der Waals surface area contributed by atoms with Crippen LogP contribution in [0.5, 0.6) is 0 Å². The summed E-state index contributed by atoms with van der Waals surface area (Å²) in [4.78, 5) is 25.0. The van der Waals surface area contributed by atoms with Crippen LogP contribution >= 0.6 is 0 Å². The van der Waals surface area contributed by atoms with Crippen molar-refractivity contribution >= 4 is 11.9 Å². The van der Waals surface area contributed by atoms with E-state index in [1.54, 1.807) is 0 Å². The molecule has 8 nitrogen and oxygen atoms in total. The van der Waals surface area contributed by atoms with E-state index in [0.717, 1.165) is 0 Å². The molecule has 0 heterocycles. The third-order valence-electron chi connectivity index (χ3n) is 11.0. The number of esters is 2. The van der Waals surface area contributed by atoms with Crippen LogP contribution in [-0.4, -0.2) is 100 Å². The van der Waals surface area contributed by atoms with Gasteiger partial charge in [-0.2, -0.15) is 79.0 Å². The van der Waals surface area contributed by atoms with E-state index >= 15 is 52.7 Å². The molecule has 1 N–H and O–H groups in total. The zero-order valence-corrected chi connectivity index (χ0v) is 30.1. The monoisotopic (exact) mass is 900 g/mol. The van der Waals surface area contributed by atoms with Crippen molar-refractivity contribution in [2.75, 3.05) is 6.61 Å². The lowest BCUT2D eigenvalue weighted by atomic mass is 9.67. The molecule has 3 rings (SSSR count). The average Bonchev–Trinajstić information content (AvgIpc) is 3.62. The first-order chi connectivity index (χ1) is 26.4. The van der Waals surface area contributed by atoms with Gasteiger partial charge in [-0.15, -0.1) is 0 Å². The predicted molar refractivity (Wildman–Crippen MR) is 159 cm³/mol. The molecular formula is C33H34F18O8. The molecule has 0 spiro atoms. The lowest BCUT2D eigenvalue weighted by Gasteiger charge is -2.56. The van der Waals surface area contributed by atoms with Crippen molar-refractivity contribution in [1.29, 1.82) is 0 Å². The second-order valence-corrected chi connectivity index (χ2v) is 14.4. The van der Waals surface area contributed by atoms with Crippen molar-refractivity contribution in [2.45, 2.75) is 135 Å². The van der Waals surface area contributed by atoms with Crippen molar-refractivity contribution in [1.82, 2.24) is 0 Å². The largest absolute Gasteiger partial charge is 0.490 e. The maximum absolute atomic E-state index is 15.5. The van der Waals surface area contributed by atoms with Crippen LogP contribution < -0.4 is 0 Å². The lowest BCUT2D eigenvalue weighted by Crippen LogP contribution is -2.79. The minimum absolute atomic E-state index is 0.0722. The molecule has 26 heteroatoms. The van der Waals surface area contributed by atoms with Gasteiger partial charge >= 0.3 is 49.0 Å². The first kappa shape index (κ1) is 49.9. The van der Waals surface area contributed by atoms with E-state index in [2.05, 4.69) is 33.9 Å². The molecule has 3 aliphatic rings. The number of carbonyl (C=O) groups excluding carboxylic acids is 2. The van der Waals surface area contributed by atoms with Gasteiger partial charge in [0, 0.05) is 18.1 Å². The van der Waals surface area contributed by atoms with E-state index in [1.807, 2.05) is 0 Å². The molecule has 0 aromatic heterocycles. The molecule has 5 atom stereocenters. The number of halogens is 18. The van der Waals surface area contributed by atoms with Crippen molar-refractivity contribution in [2.24, 2.45) is 11.8 Å². The van der Waals surface area contributed by atoms with E-state index in [-0.39, 0.29) is 24.8 Å². The molecule has 0 aromatic carbocycles. The Morgan fingerprint density at radius 3 is 1.47 bits per heavy atom. The molecule has 5 unspecified atom stereocenters. The minimum Gasteiger partial charge on any atom is -0.490 e. The fourth-order valence-corrected chi connectivity index (χ4v) is 8.65. The molecule has 0 saturated heterocycles.